The van der Waals surface area contributed by atoms with Crippen molar-refractivity contribution in [2.24, 2.45) is 5.73 Å². The molecule has 0 aliphatic carbocycles. The zero-order valence-electron chi connectivity index (χ0n) is 15.3. The van der Waals surface area contributed by atoms with Crippen LogP contribution in [0.1, 0.15) is 12.0 Å². The number of aromatic amines is 1. The van der Waals surface area contributed by atoms with E-state index in [0.717, 1.165) is 10.9 Å². The van der Waals surface area contributed by atoms with Gasteiger partial charge < -0.3 is 31.6 Å². The molecule has 0 aliphatic rings. The van der Waals surface area contributed by atoms with Gasteiger partial charge in [-0.25, -0.2) is 4.79 Å². The maximum absolute atomic E-state index is 12.5. The molecule has 0 aliphatic heterocycles. The highest BCUT2D eigenvalue weighted by molar-refractivity contribution is 7.80. The Balaban J connectivity index is 2.06. The van der Waals surface area contributed by atoms with Crippen molar-refractivity contribution in [2.45, 2.75) is 31.0 Å². The molecule has 1 aromatic carbocycles. The summed E-state index contributed by atoms with van der Waals surface area (Å²) in [7, 11) is 0. The first-order valence-corrected chi connectivity index (χ1v) is 9.33. The molecule has 29 heavy (non-hydrogen) atoms. The Bertz CT molecular complexity index is 915. The predicted molar refractivity (Wildman–Crippen MR) is 108 cm³/mol. The molecule has 7 N–H and O–H groups in total. The number of carboxylic acids is 2. The number of fused-ring (bicyclic) bond motifs is 1. The van der Waals surface area contributed by atoms with Gasteiger partial charge in [-0.2, -0.15) is 12.6 Å². The van der Waals surface area contributed by atoms with E-state index in [0.29, 0.717) is 5.56 Å². The standard InChI is InChI=1S/C18H22N4O6S/c19-11(6-15(23)24)16(25)22-14(8-29)17(26)21-13(18(27)28)5-9-7-20-12-4-2-1-3-10(9)12/h1-4,7,11,13-14,20,29H,5-6,8,19H2,(H,21,26)(H,22,25)(H,23,24)(H,27,28). The van der Waals surface area contributed by atoms with E-state index in [-0.39, 0.29) is 12.2 Å². The third kappa shape index (κ3) is 5.96. The van der Waals surface area contributed by atoms with Crippen LogP contribution in [0.3, 0.4) is 0 Å². The molecular formula is C18H22N4O6S. The lowest BCUT2D eigenvalue weighted by Gasteiger charge is -2.21. The number of benzene rings is 1. The molecule has 0 saturated carbocycles. The van der Waals surface area contributed by atoms with Gasteiger partial charge in [0.15, 0.2) is 0 Å². The minimum Gasteiger partial charge on any atom is -0.481 e. The van der Waals surface area contributed by atoms with E-state index in [1.165, 1.54) is 0 Å². The summed E-state index contributed by atoms with van der Waals surface area (Å²) in [5.41, 5.74) is 7.02. The van der Waals surface area contributed by atoms with Crippen LogP contribution in [0.2, 0.25) is 0 Å². The molecule has 11 heteroatoms. The number of nitrogens with one attached hydrogen (secondary N) is 3. The molecule has 2 aromatic rings. The van der Waals surface area contributed by atoms with Gasteiger partial charge in [0, 0.05) is 29.3 Å². The number of carboxylic acid groups (broad SMARTS) is 2. The molecule has 0 spiro atoms. The van der Waals surface area contributed by atoms with Crippen molar-refractivity contribution < 1.29 is 29.4 Å². The van der Waals surface area contributed by atoms with Gasteiger partial charge in [0.05, 0.1) is 12.5 Å². The smallest absolute Gasteiger partial charge is 0.326 e. The Morgan fingerprint density at radius 1 is 1.07 bits per heavy atom. The summed E-state index contributed by atoms with van der Waals surface area (Å²) in [4.78, 5) is 49.7. The van der Waals surface area contributed by atoms with E-state index < -0.39 is 48.3 Å². The molecule has 3 atom stereocenters. The van der Waals surface area contributed by atoms with Gasteiger partial charge in [0.1, 0.15) is 12.1 Å². The van der Waals surface area contributed by atoms with Gasteiger partial charge in [-0.3, -0.25) is 14.4 Å². The lowest BCUT2D eigenvalue weighted by molar-refractivity contribution is -0.142. The highest BCUT2D eigenvalue weighted by Gasteiger charge is 2.28. The number of hydrogen-bond donors (Lipinski definition) is 7. The molecule has 0 radical (unpaired) electrons. The fraction of sp³-hybridized carbons (Fsp3) is 0.333. The third-order valence-electron chi connectivity index (χ3n) is 4.26. The number of aromatic nitrogens is 1. The van der Waals surface area contributed by atoms with Crippen LogP contribution in [-0.2, 0) is 25.6 Å². The molecule has 0 fully saturated rings. The Kier molecular flexibility index (Phi) is 7.62. The zero-order chi connectivity index (χ0) is 21.6. The zero-order valence-corrected chi connectivity index (χ0v) is 16.2. The Hall–Kier alpha value is -3.05. The first kappa shape index (κ1) is 22.2. The molecule has 1 heterocycles. The largest absolute Gasteiger partial charge is 0.481 e. The lowest BCUT2D eigenvalue weighted by Crippen LogP contribution is -2.55. The SMILES string of the molecule is NC(CC(=O)O)C(=O)NC(CS)C(=O)NC(Cc1c[nH]c2ccccc12)C(=O)O. The lowest BCUT2D eigenvalue weighted by atomic mass is 10.0. The summed E-state index contributed by atoms with van der Waals surface area (Å²) in [6.45, 7) is 0. The first-order chi connectivity index (χ1) is 13.7. The number of aliphatic carboxylic acids is 2. The van der Waals surface area contributed by atoms with Crippen LogP contribution in [-0.4, -0.2) is 62.8 Å². The molecule has 0 bridgehead atoms. The maximum Gasteiger partial charge on any atom is 0.326 e. The number of thiol groups is 1. The van der Waals surface area contributed by atoms with E-state index in [2.05, 4.69) is 28.2 Å². The van der Waals surface area contributed by atoms with E-state index >= 15 is 0 Å². The van der Waals surface area contributed by atoms with Gasteiger partial charge in [0.2, 0.25) is 11.8 Å². The van der Waals surface area contributed by atoms with Crippen molar-refractivity contribution in [2.75, 3.05) is 5.75 Å². The Morgan fingerprint density at radius 2 is 1.72 bits per heavy atom. The van der Waals surface area contributed by atoms with Gasteiger partial charge in [-0.15, -0.1) is 0 Å². The van der Waals surface area contributed by atoms with Crippen LogP contribution in [0.15, 0.2) is 30.5 Å². The third-order valence-corrected chi connectivity index (χ3v) is 4.63. The second kappa shape index (κ2) is 9.94. The quantitative estimate of drug-likeness (QED) is 0.252. The number of para-hydroxylation sites is 1. The molecule has 1 aromatic heterocycles. The molecule has 10 nitrogen and oxygen atoms in total. The topological polar surface area (TPSA) is 175 Å². The van der Waals surface area contributed by atoms with Gasteiger partial charge >= 0.3 is 11.9 Å². The number of amides is 2. The first-order valence-electron chi connectivity index (χ1n) is 8.69. The van der Waals surface area contributed by atoms with Crippen LogP contribution < -0.4 is 16.4 Å². The van der Waals surface area contributed by atoms with Crippen LogP contribution in [0.25, 0.3) is 10.9 Å². The van der Waals surface area contributed by atoms with Crippen molar-refractivity contribution in [1.82, 2.24) is 15.6 Å². The monoisotopic (exact) mass is 422 g/mol. The summed E-state index contributed by atoms with van der Waals surface area (Å²) in [5.74, 6) is -4.23. The minimum atomic E-state index is -1.34. The minimum absolute atomic E-state index is 0.0247. The highest BCUT2D eigenvalue weighted by Crippen LogP contribution is 2.19. The number of hydrogen-bond acceptors (Lipinski definition) is 6. The van der Waals surface area contributed by atoms with E-state index in [1.54, 1.807) is 6.20 Å². The molecular weight excluding hydrogens is 400 g/mol. The van der Waals surface area contributed by atoms with Crippen LogP contribution in [0.4, 0.5) is 0 Å². The van der Waals surface area contributed by atoms with Crippen molar-refractivity contribution in [3.63, 3.8) is 0 Å². The van der Waals surface area contributed by atoms with Crippen LogP contribution in [0.5, 0.6) is 0 Å². The van der Waals surface area contributed by atoms with Crippen molar-refractivity contribution >= 4 is 47.3 Å². The summed E-state index contributed by atoms with van der Waals surface area (Å²) >= 11 is 3.99. The van der Waals surface area contributed by atoms with Crippen molar-refractivity contribution in [3.8, 4) is 0 Å². The number of carbonyl (C=O) groups is 4. The summed E-state index contributed by atoms with van der Waals surface area (Å²) in [5, 5.41) is 23.7. The predicted octanol–water partition coefficient (Wildman–Crippen LogP) is -0.504. The molecule has 0 saturated heterocycles. The molecule has 156 valence electrons. The number of nitrogens with two attached hydrogens (primary N) is 1. The van der Waals surface area contributed by atoms with E-state index in [9.17, 15) is 24.3 Å². The molecule has 2 rings (SSSR count). The number of rotatable bonds is 10. The van der Waals surface area contributed by atoms with Gasteiger partial charge in [0.25, 0.3) is 0 Å². The Morgan fingerprint density at radius 3 is 2.34 bits per heavy atom. The molecule has 3 unspecified atom stereocenters. The fourth-order valence-corrected chi connectivity index (χ4v) is 3.00. The average Bonchev–Trinajstić information content (AvgIpc) is 3.07. The Labute approximate surface area is 171 Å². The second-order valence-electron chi connectivity index (χ2n) is 6.41. The fourth-order valence-electron chi connectivity index (χ4n) is 2.75. The van der Waals surface area contributed by atoms with E-state index in [4.69, 9.17) is 10.8 Å². The average molecular weight is 422 g/mol. The molecule has 2 amide bonds. The summed E-state index contributed by atoms with van der Waals surface area (Å²) in [6.07, 6.45) is 1.09. The maximum atomic E-state index is 12.5. The van der Waals surface area contributed by atoms with Crippen molar-refractivity contribution in [3.05, 3.63) is 36.0 Å². The highest BCUT2D eigenvalue weighted by atomic mass is 32.1. The summed E-state index contributed by atoms with van der Waals surface area (Å²) < 4.78 is 0. The van der Waals surface area contributed by atoms with E-state index in [1.807, 2.05) is 24.3 Å². The van der Waals surface area contributed by atoms with Crippen LogP contribution in [0, 0.1) is 0 Å². The second-order valence-corrected chi connectivity index (χ2v) is 6.78. The van der Waals surface area contributed by atoms with Gasteiger partial charge in [-0.05, 0) is 11.6 Å². The van der Waals surface area contributed by atoms with Gasteiger partial charge in [-0.1, -0.05) is 18.2 Å². The summed E-state index contributed by atoms with van der Waals surface area (Å²) in [6, 6.07) is 3.59. The normalized spacial score (nSPS) is 14.0. The number of H-pyrrole nitrogens is 1. The van der Waals surface area contributed by atoms with Crippen LogP contribution >= 0.6 is 12.6 Å². The van der Waals surface area contributed by atoms with Crippen molar-refractivity contribution in [1.29, 1.82) is 0 Å². The number of carbonyl (C=O) groups excluding carboxylic acids is 2.